The predicted molar refractivity (Wildman–Crippen MR) is 104 cm³/mol. The van der Waals surface area contributed by atoms with Crippen LogP contribution in [0.4, 0.5) is 5.69 Å². The fourth-order valence-corrected chi connectivity index (χ4v) is 4.98. The second-order valence-electron chi connectivity index (χ2n) is 6.99. The third-order valence-electron chi connectivity index (χ3n) is 5.21. The van der Waals surface area contributed by atoms with Crippen molar-refractivity contribution in [1.82, 2.24) is 0 Å². The van der Waals surface area contributed by atoms with Crippen molar-refractivity contribution in [2.45, 2.75) is 19.8 Å². The van der Waals surface area contributed by atoms with Gasteiger partial charge >= 0.3 is 0 Å². The van der Waals surface area contributed by atoms with E-state index in [0.717, 1.165) is 17.3 Å². The molecule has 5 rings (SSSR count). The largest absolute Gasteiger partial charge is 0.354 e. The Hall–Kier alpha value is -2.32. The lowest BCUT2D eigenvalue weighted by Crippen LogP contribution is -2.05. The van der Waals surface area contributed by atoms with Crippen LogP contribution in [-0.4, -0.2) is 0 Å². The van der Waals surface area contributed by atoms with Crippen LogP contribution in [-0.2, 0) is 12.8 Å². The van der Waals surface area contributed by atoms with Gasteiger partial charge in [-0.1, -0.05) is 43.8 Å². The zero-order valence-electron chi connectivity index (χ0n) is 13.7. The Morgan fingerprint density at radius 1 is 1.04 bits per heavy atom. The molecule has 118 valence electrons. The van der Waals surface area contributed by atoms with E-state index in [1.54, 1.807) is 11.3 Å². The number of hydrogen-bond acceptors (Lipinski definition) is 2. The Balaban J connectivity index is 1.72. The number of anilines is 1. The number of rotatable bonds is 1. The summed E-state index contributed by atoms with van der Waals surface area (Å²) >= 11 is 1.76. The van der Waals surface area contributed by atoms with Crippen molar-refractivity contribution < 1.29 is 0 Å². The minimum Gasteiger partial charge on any atom is -0.354 e. The van der Waals surface area contributed by atoms with Crippen molar-refractivity contribution >= 4 is 22.7 Å². The first-order chi connectivity index (χ1) is 11.7. The quantitative estimate of drug-likeness (QED) is 0.559. The molecule has 1 unspecified atom stereocenters. The SMILES string of the molecule is C=C1Nc2cccc(-c3ccc4c(c3)CC(C)C4)c2-c2ccsc21. The van der Waals surface area contributed by atoms with E-state index in [-0.39, 0.29) is 0 Å². The van der Waals surface area contributed by atoms with Gasteiger partial charge in [0.25, 0.3) is 0 Å². The maximum Gasteiger partial charge on any atom is 0.0578 e. The third kappa shape index (κ3) is 1.99. The van der Waals surface area contributed by atoms with Crippen LogP contribution in [0.2, 0.25) is 0 Å². The van der Waals surface area contributed by atoms with E-state index in [1.807, 2.05) is 0 Å². The van der Waals surface area contributed by atoms with Gasteiger partial charge in [0.2, 0.25) is 0 Å². The number of nitrogens with one attached hydrogen (secondary N) is 1. The molecule has 1 aliphatic heterocycles. The summed E-state index contributed by atoms with van der Waals surface area (Å²) < 4.78 is 0. The lowest BCUT2D eigenvalue weighted by atomic mass is 9.90. The summed E-state index contributed by atoms with van der Waals surface area (Å²) in [4.78, 5) is 1.25. The Morgan fingerprint density at radius 2 is 1.92 bits per heavy atom. The van der Waals surface area contributed by atoms with Crippen LogP contribution in [0.5, 0.6) is 0 Å². The second kappa shape index (κ2) is 5.09. The first-order valence-electron chi connectivity index (χ1n) is 8.50. The van der Waals surface area contributed by atoms with Crippen molar-refractivity contribution in [3.05, 3.63) is 70.4 Å². The molecule has 1 aromatic heterocycles. The summed E-state index contributed by atoms with van der Waals surface area (Å²) in [6.07, 6.45) is 2.43. The molecule has 1 aliphatic carbocycles. The van der Waals surface area contributed by atoms with E-state index >= 15 is 0 Å². The van der Waals surface area contributed by atoms with E-state index in [4.69, 9.17) is 0 Å². The van der Waals surface area contributed by atoms with Crippen molar-refractivity contribution in [3.63, 3.8) is 0 Å². The Bertz CT molecular complexity index is 979. The Kier molecular flexibility index (Phi) is 2.98. The van der Waals surface area contributed by atoms with Crippen molar-refractivity contribution in [2.24, 2.45) is 5.92 Å². The first kappa shape index (κ1) is 14.1. The van der Waals surface area contributed by atoms with Gasteiger partial charge in [-0.05, 0) is 58.5 Å². The van der Waals surface area contributed by atoms with E-state index in [9.17, 15) is 0 Å². The molecule has 1 atom stereocenters. The van der Waals surface area contributed by atoms with Gasteiger partial charge in [0.1, 0.15) is 0 Å². The minimum absolute atomic E-state index is 0.772. The van der Waals surface area contributed by atoms with Crippen LogP contribution in [0.3, 0.4) is 0 Å². The monoisotopic (exact) mass is 329 g/mol. The highest BCUT2D eigenvalue weighted by Gasteiger charge is 2.24. The van der Waals surface area contributed by atoms with Gasteiger partial charge in [-0.2, -0.15) is 0 Å². The molecule has 0 bridgehead atoms. The average molecular weight is 329 g/mol. The van der Waals surface area contributed by atoms with Gasteiger partial charge in [-0.25, -0.2) is 0 Å². The van der Waals surface area contributed by atoms with Crippen LogP contribution >= 0.6 is 11.3 Å². The molecule has 2 heteroatoms. The minimum atomic E-state index is 0.772. The Morgan fingerprint density at radius 3 is 2.83 bits per heavy atom. The summed E-state index contributed by atoms with van der Waals surface area (Å²) in [5.41, 5.74) is 10.5. The predicted octanol–water partition coefficient (Wildman–Crippen LogP) is 6.21. The molecule has 0 fully saturated rings. The molecule has 0 spiro atoms. The van der Waals surface area contributed by atoms with Crippen molar-refractivity contribution in [2.75, 3.05) is 5.32 Å². The lowest BCUT2D eigenvalue weighted by Gasteiger charge is -2.23. The van der Waals surface area contributed by atoms with Gasteiger partial charge in [-0.3, -0.25) is 0 Å². The van der Waals surface area contributed by atoms with E-state index in [1.165, 1.54) is 51.1 Å². The molecule has 1 nitrogen and oxygen atoms in total. The van der Waals surface area contributed by atoms with Crippen LogP contribution in [0, 0.1) is 5.92 Å². The molecule has 3 aromatic rings. The molecule has 2 heterocycles. The number of hydrogen-bond donors (Lipinski definition) is 1. The fraction of sp³-hybridized carbons (Fsp3) is 0.182. The van der Waals surface area contributed by atoms with Crippen LogP contribution in [0.15, 0.2) is 54.4 Å². The highest BCUT2D eigenvalue weighted by Crippen LogP contribution is 2.47. The average Bonchev–Trinajstić information content (AvgIpc) is 3.19. The molecule has 0 saturated heterocycles. The molecule has 1 N–H and O–H groups in total. The van der Waals surface area contributed by atoms with Crippen LogP contribution < -0.4 is 5.32 Å². The maximum atomic E-state index is 4.18. The topological polar surface area (TPSA) is 12.0 Å². The zero-order valence-corrected chi connectivity index (χ0v) is 14.5. The van der Waals surface area contributed by atoms with E-state index in [2.05, 4.69) is 66.7 Å². The third-order valence-corrected chi connectivity index (χ3v) is 6.19. The molecule has 0 radical (unpaired) electrons. The molecule has 2 aromatic carbocycles. The van der Waals surface area contributed by atoms with Crippen molar-refractivity contribution in [1.29, 1.82) is 0 Å². The van der Waals surface area contributed by atoms with Gasteiger partial charge < -0.3 is 5.32 Å². The molecule has 0 saturated carbocycles. The molecule has 24 heavy (non-hydrogen) atoms. The summed E-state index contributed by atoms with van der Waals surface area (Å²) in [5, 5.41) is 5.65. The van der Waals surface area contributed by atoms with Crippen LogP contribution in [0.25, 0.3) is 28.0 Å². The highest BCUT2D eigenvalue weighted by atomic mass is 32.1. The molecule has 2 aliphatic rings. The normalized spacial score (nSPS) is 17.9. The van der Waals surface area contributed by atoms with E-state index < -0.39 is 0 Å². The standard InChI is InChI=1S/C22H19NS/c1-13-10-15-6-7-16(12-17(15)11-13)18-4-3-5-20-21(18)19-8-9-24-22(19)14(2)23-20/h3-9,12-13,23H,2,10-11H2,1H3. The maximum absolute atomic E-state index is 4.18. The first-order valence-corrected chi connectivity index (χ1v) is 9.38. The van der Waals surface area contributed by atoms with Gasteiger partial charge in [-0.15, -0.1) is 11.3 Å². The summed E-state index contributed by atoms with van der Waals surface area (Å²) in [7, 11) is 0. The van der Waals surface area contributed by atoms with Gasteiger partial charge in [0.15, 0.2) is 0 Å². The van der Waals surface area contributed by atoms with Crippen molar-refractivity contribution in [3.8, 4) is 22.3 Å². The smallest absolute Gasteiger partial charge is 0.0578 e. The molecular formula is C22H19NS. The van der Waals surface area contributed by atoms with E-state index in [0.29, 0.717) is 0 Å². The zero-order chi connectivity index (χ0) is 16.3. The van der Waals surface area contributed by atoms with Crippen LogP contribution in [0.1, 0.15) is 22.9 Å². The molecule has 0 amide bonds. The summed E-state index contributed by atoms with van der Waals surface area (Å²) in [5.74, 6) is 0.772. The Labute approximate surface area is 146 Å². The van der Waals surface area contributed by atoms with Gasteiger partial charge in [0, 0.05) is 22.5 Å². The van der Waals surface area contributed by atoms with Gasteiger partial charge in [0.05, 0.1) is 4.88 Å². The second-order valence-corrected chi connectivity index (χ2v) is 7.91. The molecular weight excluding hydrogens is 310 g/mol. The number of benzene rings is 2. The highest BCUT2D eigenvalue weighted by molar-refractivity contribution is 7.11. The summed E-state index contributed by atoms with van der Waals surface area (Å²) in [6.45, 7) is 6.53. The number of thiophene rings is 1. The summed E-state index contributed by atoms with van der Waals surface area (Å²) in [6, 6.07) is 15.8. The number of fused-ring (bicyclic) bond motifs is 4. The fourth-order valence-electron chi connectivity index (χ4n) is 4.15. The lowest BCUT2D eigenvalue weighted by molar-refractivity contribution is 0.628.